The molecule has 0 aliphatic heterocycles. The van der Waals surface area contributed by atoms with E-state index in [9.17, 15) is 35.8 Å². The molecule has 2 amide bonds. The third-order valence-electron chi connectivity index (χ3n) is 7.10. The molecule has 15 heteroatoms. The molecule has 1 aliphatic rings. The molecule has 3 rings (SSSR count). The summed E-state index contributed by atoms with van der Waals surface area (Å²) in [6, 6.07) is 5.55. The van der Waals surface area contributed by atoms with Crippen molar-refractivity contribution in [3.05, 3.63) is 41.1 Å². The quantitative estimate of drug-likeness (QED) is 0.357. The molecule has 0 spiro atoms. The second-order valence-corrected chi connectivity index (χ2v) is 12.4. The Morgan fingerprint density at radius 1 is 1.17 bits per heavy atom. The van der Waals surface area contributed by atoms with E-state index in [1.807, 2.05) is 0 Å². The van der Waals surface area contributed by atoms with Gasteiger partial charge in [-0.3, -0.25) is 9.59 Å². The number of hydrogen-bond acceptors (Lipinski definition) is 7. The first-order chi connectivity index (χ1) is 18.9. The molecule has 1 aromatic heterocycles. The third-order valence-corrected chi connectivity index (χ3v) is 8.74. The van der Waals surface area contributed by atoms with Gasteiger partial charge in [0.05, 0.1) is 20.8 Å². The van der Waals surface area contributed by atoms with Crippen LogP contribution in [0.1, 0.15) is 67.6 Å². The maximum Gasteiger partial charge on any atom is 0.435 e. The maximum atomic E-state index is 14.0. The number of carbonyl (C=O) groups excluding carboxylic acids is 2. The smallest absolute Gasteiger partial charge is 0.355 e. The number of carbonyl (C=O) groups is 2. The van der Waals surface area contributed by atoms with Crippen molar-refractivity contribution in [3.63, 3.8) is 0 Å². The first-order valence-corrected chi connectivity index (χ1v) is 14.9. The Morgan fingerprint density at radius 3 is 2.37 bits per heavy atom. The molecule has 9 nitrogen and oxygen atoms in total. The largest absolute Gasteiger partial charge is 0.435 e. The molecule has 0 bridgehead atoms. The second kappa shape index (κ2) is 12.0. The Bertz CT molecular complexity index is 1440. The summed E-state index contributed by atoms with van der Waals surface area (Å²) in [5, 5.41) is 9.37. The molecule has 1 saturated carbocycles. The highest BCUT2D eigenvalue weighted by molar-refractivity contribution is 7.93. The lowest BCUT2D eigenvalue weighted by atomic mass is 9.77. The molecule has 2 aromatic rings. The number of hydrogen-bond donors (Lipinski definition) is 2. The van der Waals surface area contributed by atoms with Gasteiger partial charge in [-0.25, -0.2) is 13.0 Å². The minimum atomic E-state index is -4.93. The van der Waals surface area contributed by atoms with Crippen molar-refractivity contribution >= 4 is 33.0 Å². The zero-order valence-electron chi connectivity index (χ0n) is 23.1. The lowest BCUT2D eigenvalue weighted by Crippen LogP contribution is -2.53. The van der Waals surface area contributed by atoms with Gasteiger partial charge in [-0.05, 0) is 56.9 Å². The average molecular weight is 605 g/mol. The maximum absolute atomic E-state index is 14.0. The van der Waals surface area contributed by atoms with Gasteiger partial charge in [0.1, 0.15) is 0 Å². The van der Waals surface area contributed by atoms with Crippen LogP contribution in [-0.4, -0.2) is 57.0 Å². The van der Waals surface area contributed by atoms with Crippen LogP contribution in [0.4, 0.5) is 33.5 Å². The van der Waals surface area contributed by atoms with Gasteiger partial charge in [-0.1, -0.05) is 13.0 Å². The molecular weight excluding hydrogens is 571 g/mol. The number of anilines is 2. The van der Waals surface area contributed by atoms with Crippen LogP contribution in [0.2, 0.25) is 0 Å². The fourth-order valence-corrected chi connectivity index (χ4v) is 5.52. The highest BCUT2D eigenvalue weighted by atomic mass is 32.2. The predicted molar refractivity (Wildman–Crippen MR) is 144 cm³/mol. The number of amides is 2. The molecule has 1 heterocycles. The highest BCUT2D eigenvalue weighted by Crippen LogP contribution is 2.35. The number of nitrogens with zero attached hydrogens (tertiary/aromatic N) is 4. The van der Waals surface area contributed by atoms with Crippen LogP contribution >= 0.6 is 0 Å². The normalized spacial score (nSPS) is 16.3. The minimum Gasteiger partial charge on any atom is -0.355 e. The first-order valence-electron chi connectivity index (χ1n) is 13.0. The summed E-state index contributed by atoms with van der Waals surface area (Å²) in [6.45, 7) is 3.72. The van der Waals surface area contributed by atoms with Crippen molar-refractivity contribution in [1.29, 1.82) is 0 Å². The predicted octanol–water partition coefficient (Wildman–Crippen LogP) is 5.18. The molecule has 1 aliphatic carbocycles. The summed E-state index contributed by atoms with van der Waals surface area (Å²) >= 11 is 0. The fourth-order valence-electron chi connectivity index (χ4n) is 4.24. The number of alkyl halides is 5. The van der Waals surface area contributed by atoms with Crippen LogP contribution < -0.4 is 16.0 Å². The molecule has 3 N–H and O–H groups in total. The number of benzene rings is 1. The molecule has 41 heavy (non-hydrogen) atoms. The van der Waals surface area contributed by atoms with E-state index in [-0.39, 0.29) is 29.5 Å². The third kappa shape index (κ3) is 7.36. The second-order valence-electron chi connectivity index (χ2n) is 10.1. The molecule has 226 valence electrons. The Morgan fingerprint density at radius 2 is 1.83 bits per heavy atom. The molecule has 1 atom stereocenters. The van der Waals surface area contributed by atoms with Gasteiger partial charge in [0, 0.05) is 42.8 Å². The van der Waals surface area contributed by atoms with E-state index < -0.39 is 68.8 Å². The van der Waals surface area contributed by atoms with E-state index in [2.05, 4.69) is 19.9 Å². The molecular formula is C26H33F5N6O3S. The number of halogens is 5. The molecule has 0 saturated heterocycles. The van der Waals surface area contributed by atoms with E-state index in [1.165, 1.54) is 42.3 Å². The average Bonchev–Trinajstić information content (AvgIpc) is 2.86. The number of aromatic nitrogens is 2. The van der Waals surface area contributed by atoms with Gasteiger partial charge in [-0.15, -0.1) is 10.2 Å². The zero-order valence-corrected chi connectivity index (χ0v) is 24.0. The van der Waals surface area contributed by atoms with Crippen molar-refractivity contribution in [3.8, 4) is 0 Å². The van der Waals surface area contributed by atoms with Crippen molar-refractivity contribution in [2.75, 3.05) is 29.6 Å². The van der Waals surface area contributed by atoms with Gasteiger partial charge in [-0.2, -0.15) is 17.5 Å². The molecule has 1 aromatic carbocycles. The molecule has 1 unspecified atom stereocenters. The van der Waals surface area contributed by atoms with Crippen LogP contribution in [0, 0.1) is 6.92 Å². The minimum absolute atomic E-state index is 0.0483. The molecule has 0 radical (unpaired) electrons. The number of rotatable bonds is 10. The SMILES string of the molecule is CCN(CCC(F)(F)CC)c1nnc(C(F)(F)F)c(C)c1C(=O)Nc1cccc(S(C)(=O)=NC(=O)C2(N)CCC2)c1. The Kier molecular flexibility index (Phi) is 9.43. The number of nitrogens with one attached hydrogen (secondary N) is 1. The van der Waals surface area contributed by atoms with Crippen molar-refractivity contribution < 1.29 is 35.8 Å². The van der Waals surface area contributed by atoms with Crippen molar-refractivity contribution in [2.45, 2.75) is 75.4 Å². The van der Waals surface area contributed by atoms with Gasteiger partial charge in [0.2, 0.25) is 5.92 Å². The lowest BCUT2D eigenvalue weighted by Gasteiger charge is -2.34. The molecule has 1 fully saturated rings. The zero-order chi connectivity index (χ0) is 30.8. The highest BCUT2D eigenvalue weighted by Gasteiger charge is 2.41. The summed E-state index contributed by atoms with van der Waals surface area (Å²) < 4.78 is 86.0. The van der Waals surface area contributed by atoms with Crippen LogP contribution in [0.3, 0.4) is 0 Å². The van der Waals surface area contributed by atoms with Gasteiger partial charge in [0.15, 0.2) is 11.5 Å². The Balaban J connectivity index is 2.00. The van der Waals surface area contributed by atoms with E-state index in [1.54, 1.807) is 6.92 Å². The van der Waals surface area contributed by atoms with E-state index >= 15 is 0 Å². The summed E-state index contributed by atoms with van der Waals surface area (Å²) in [6.07, 6.45) is -3.14. The summed E-state index contributed by atoms with van der Waals surface area (Å²) in [7, 11) is -3.28. The summed E-state index contributed by atoms with van der Waals surface area (Å²) in [5.41, 5.74) is 2.46. The van der Waals surface area contributed by atoms with Crippen LogP contribution in [0.25, 0.3) is 0 Å². The van der Waals surface area contributed by atoms with Crippen LogP contribution in [-0.2, 0) is 20.7 Å². The fraction of sp³-hybridized carbons (Fsp3) is 0.538. The van der Waals surface area contributed by atoms with E-state index in [4.69, 9.17) is 5.73 Å². The van der Waals surface area contributed by atoms with E-state index in [0.717, 1.165) is 13.3 Å². The van der Waals surface area contributed by atoms with Gasteiger partial charge in [0.25, 0.3) is 11.8 Å². The Labute approximate surface area is 235 Å². The Hall–Kier alpha value is -3.20. The number of nitrogens with two attached hydrogens (primary N) is 1. The lowest BCUT2D eigenvalue weighted by molar-refractivity contribution is -0.142. The van der Waals surface area contributed by atoms with Crippen molar-refractivity contribution in [1.82, 2.24) is 10.2 Å². The standard InChI is InChI=1S/C26H33F5N6O3S/c1-5-25(27,28)13-14-37(6-2)21-19(16(3)20(34-35-21)26(29,30)31)22(38)33-17-9-7-10-18(15-17)41(4,40)36-23(39)24(32)11-8-12-24/h7,9-10,15H,5-6,8,11-14,32H2,1-4H3,(H,33,38). The van der Waals surface area contributed by atoms with Crippen LogP contribution in [0.15, 0.2) is 33.5 Å². The first kappa shape index (κ1) is 32.3. The van der Waals surface area contributed by atoms with Gasteiger partial charge >= 0.3 is 6.18 Å². The van der Waals surface area contributed by atoms with Crippen molar-refractivity contribution in [2.24, 2.45) is 10.1 Å². The van der Waals surface area contributed by atoms with Gasteiger partial charge < -0.3 is 16.0 Å². The van der Waals surface area contributed by atoms with Crippen LogP contribution in [0.5, 0.6) is 0 Å². The summed E-state index contributed by atoms with van der Waals surface area (Å²) in [4.78, 5) is 27.3. The topological polar surface area (TPSA) is 131 Å². The van der Waals surface area contributed by atoms with E-state index in [0.29, 0.717) is 12.8 Å². The monoisotopic (exact) mass is 604 g/mol. The summed E-state index contributed by atoms with van der Waals surface area (Å²) in [5.74, 6) is -5.01.